The van der Waals surface area contributed by atoms with Gasteiger partial charge in [0.15, 0.2) is 0 Å². The molecule has 3 nitrogen and oxygen atoms in total. The first kappa shape index (κ1) is 15.3. The van der Waals surface area contributed by atoms with E-state index in [4.69, 9.17) is 4.74 Å². The molecule has 0 bridgehead atoms. The molecule has 1 N–H and O–H groups in total. The van der Waals surface area contributed by atoms with Crippen LogP contribution in [0.4, 0.5) is 0 Å². The van der Waals surface area contributed by atoms with Crippen molar-refractivity contribution in [1.82, 2.24) is 10.2 Å². The molecule has 0 saturated carbocycles. The molecule has 1 aliphatic rings. The van der Waals surface area contributed by atoms with E-state index < -0.39 is 0 Å². The van der Waals surface area contributed by atoms with Gasteiger partial charge >= 0.3 is 0 Å². The Bertz CT molecular complexity index is 413. The average molecular weight is 276 g/mol. The van der Waals surface area contributed by atoms with E-state index in [0.29, 0.717) is 6.04 Å². The molecule has 112 valence electrons. The molecule has 0 unspecified atom stereocenters. The number of hydrogen-bond acceptors (Lipinski definition) is 3. The molecular weight excluding hydrogens is 248 g/mol. The molecule has 1 aliphatic heterocycles. The number of hydrogen-bond donors (Lipinski definition) is 1. The van der Waals surface area contributed by atoms with E-state index in [9.17, 15) is 0 Å². The Morgan fingerprint density at radius 2 is 1.95 bits per heavy atom. The molecule has 20 heavy (non-hydrogen) atoms. The van der Waals surface area contributed by atoms with Crippen molar-refractivity contribution < 1.29 is 4.74 Å². The predicted molar refractivity (Wildman–Crippen MR) is 84.2 cm³/mol. The molecule has 3 heteroatoms. The topological polar surface area (TPSA) is 24.5 Å². The van der Waals surface area contributed by atoms with Crippen LogP contribution in [0.15, 0.2) is 18.2 Å². The SMILES string of the molecule is CCCN(CCC)[C@@H]1CNCc2cc(OCC)ccc21. The Morgan fingerprint density at radius 3 is 2.60 bits per heavy atom. The molecule has 0 radical (unpaired) electrons. The van der Waals surface area contributed by atoms with Crippen LogP contribution in [-0.2, 0) is 6.54 Å². The van der Waals surface area contributed by atoms with Gasteiger partial charge in [-0.05, 0) is 56.1 Å². The van der Waals surface area contributed by atoms with Crippen LogP contribution in [-0.4, -0.2) is 31.1 Å². The minimum Gasteiger partial charge on any atom is -0.494 e. The Hall–Kier alpha value is -1.06. The monoisotopic (exact) mass is 276 g/mol. The minimum atomic E-state index is 0.509. The Kier molecular flexibility index (Phi) is 5.86. The molecular formula is C17H28N2O. The highest BCUT2D eigenvalue weighted by atomic mass is 16.5. The van der Waals surface area contributed by atoms with Crippen LogP contribution in [0, 0.1) is 0 Å². The summed E-state index contributed by atoms with van der Waals surface area (Å²) in [7, 11) is 0. The second-order valence-electron chi connectivity index (χ2n) is 5.48. The number of rotatable bonds is 7. The summed E-state index contributed by atoms with van der Waals surface area (Å²) in [5.74, 6) is 0.992. The summed E-state index contributed by atoms with van der Waals surface area (Å²) in [6.45, 7) is 11.6. The fourth-order valence-corrected chi connectivity index (χ4v) is 3.09. The lowest BCUT2D eigenvalue weighted by Gasteiger charge is -2.36. The summed E-state index contributed by atoms with van der Waals surface area (Å²) in [6.07, 6.45) is 2.42. The van der Waals surface area contributed by atoms with Gasteiger partial charge < -0.3 is 10.1 Å². The fourth-order valence-electron chi connectivity index (χ4n) is 3.09. The van der Waals surface area contributed by atoms with Gasteiger partial charge in [-0.2, -0.15) is 0 Å². The Morgan fingerprint density at radius 1 is 1.20 bits per heavy atom. The highest BCUT2D eigenvalue weighted by Crippen LogP contribution is 2.30. The number of benzene rings is 1. The van der Waals surface area contributed by atoms with Crippen molar-refractivity contribution in [2.75, 3.05) is 26.2 Å². The molecule has 1 atom stereocenters. The number of fused-ring (bicyclic) bond motifs is 1. The van der Waals surface area contributed by atoms with E-state index in [1.54, 1.807) is 0 Å². The van der Waals surface area contributed by atoms with Gasteiger partial charge in [0.25, 0.3) is 0 Å². The standard InChI is InChI=1S/C17H28N2O/c1-4-9-19(10-5-2)17-13-18-12-14-11-15(20-6-3)7-8-16(14)17/h7-8,11,17-18H,4-6,9-10,12-13H2,1-3H3/t17-/m1/s1. The van der Waals surface area contributed by atoms with E-state index in [1.165, 1.54) is 37.1 Å². The van der Waals surface area contributed by atoms with Crippen LogP contribution in [0.25, 0.3) is 0 Å². The quantitative estimate of drug-likeness (QED) is 0.826. The van der Waals surface area contributed by atoms with E-state index in [0.717, 1.165) is 25.4 Å². The van der Waals surface area contributed by atoms with Crippen LogP contribution in [0.1, 0.15) is 50.8 Å². The van der Waals surface area contributed by atoms with Crippen LogP contribution in [0.2, 0.25) is 0 Å². The van der Waals surface area contributed by atoms with E-state index in [1.807, 2.05) is 6.92 Å². The van der Waals surface area contributed by atoms with Crippen LogP contribution in [0.5, 0.6) is 5.75 Å². The molecule has 0 amide bonds. The highest BCUT2D eigenvalue weighted by molar-refractivity contribution is 5.39. The van der Waals surface area contributed by atoms with Gasteiger partial charge in [-0.25, -0.2) is 0 Å². The smallest absolute Gasteiger partial charge is 0.119 e. The van der Waals surface area contributed by atoms with Crippen LogP contribution in [0.3, 0.4) is 0 Å². The Labute approximate surface area is 123 Å². The maximum absolute atomic E-state index is 5.62. The third-order valence-electron chi connectivity index (χ3n) is 3.90. The van der Waals surface area contributed by atoms with Gasteiger partial charge in [0.05, 0.1) is 6.61 Å². The lowest BCUT2D eigenvalue weighted by Crippen LogP contribution is -2.40. The van der Waals surface area contributed by atoms with Gasteiger partial charge in [0, 0.05) is 19.1 Å². The fraction of sp³-hybridized carbons (Fsp3) is 0.647. The summed E-state index contributed by atoms with van der Waals surface area (Å²) in [5, 5.41) is 3.56. The van der Waals surface area contributed by atoms with Crippen molar-refractivity contribution in [3.63, 3.8) is 0 Å². The average Bonchev–Trinajstić information content (AvgIpc) is 2.46. The molecule has 0 saturated heterocycles. The van der Waals surface area contributed by atoms with Gasteiger partial charge in [-0.1, -0.05) is 19.9 Å². The molecule has 0 aromatic heterocycles. The van der Waals surface area contributed by atoms with Crippen molar-refractivity contribution in [1.29, 1.82) is 0 Å². The largest absolute Gasteiger partial charge is 0.494 e. The molecule has 2 rings (SSSR count). The van der Waals surface area contributed by atoms with Crippen molar-refractivity contribution in [3.05, 3.63) is 29.3 Å². The molecule has 0 spiro atoms. The zero-order valence-electron chi connectivity index (χ0n) is 13.1. The summed E-state index contributed by atoms with van der Waals surface area (Å²) in [6, 6.07) is 7.10. The maximum Gasteiger partial charge on any atom is 0.119 e. The second-order valence-corrected chi connectivity index (χ2v) is 5.48. The van der Waals surface area contributed by atoms with Crippen molar-refractivity contribution in [2.45, 2.75) is 46.2 Å². The normalized spacial score (nSPS) is 18.1. The van der Waals surface area contributed by atoms with Crippen LogP contribution < -0.4 is 10.1 Å². The minimum absolute atomic E-state index is 0.509. The van der Waals surface area contributed by atoms with Gasteiger partial charge in [0.1, 0.15) is 5.75 Å². The zero-order chi connectivity index (χ0) is 14.4. The van der Waals surface area contributed by atoms with E-state index >= 15 is 0 Å². The Balaban J connectivity index is 2.22. The lowest BCUT2D eigenvalue weighted by atomic mass is 9.95. The molecule has 0 aliphatic carbocycles. The van der Waals surface area contributed by atoms with Gasteiger partial charge in [0.2, 0.25) is 0 Å². The predicted octanol–water partition coefficient (Wildman–Crippen LogP) is 3.35. The maximum atomic E-state index is 5.62. The van der Waals surface area contributed by atoms with Gasteiger partial charge in [-0.15, -0.1) is 0 Å². The third kappa shape index (κ3) is 3.53. The van der Waals surface area contributed by atoms with Crippen molar-refractivity contribution >= 4 is 0 Å². The van der Waals surface area contributed by atoms with Crippen molar-refractivity contribution in [2.24, 2.45) is 0 Å². The lowest BCUT2D eigenvalue weighted by molar-refractivity contribution is 0.185. The van der Waals surface area contributed by atoms with Crippen LogP contribution >= 0.6 is 0 Å². The van der Waals surface area contributed by atoms with E-state index in [2.05, 4.69) is 42.3 Å². The zero-order valence-corrected chi connectivity index (χ0v) is 13.1. The molecule has 1 aromatic rings. The molecule has 0 fully saturated rings. The van der Waals surface area contributed by atoms with Crippen molar-refractivity contribution in [3.8, 4) is 5.75 Å². The summed E-state index contributed by atoms with van der Waals surface area (Å²) >= 11 is 0. The number of nitrogens with zero attached hydrogens (tertiary/aromatic N) is 1. The second kappa shape index (κ2) is 7.65. The summed E-state index contributed by atoms with van der Waals surface area (Å²) < 4.78 is 5.62. The number of ether oxygens (including phenoxy) is 1. The first-order valence-corrected chi connectivity index (χ1v) is 8.00. The number of nitrogens with one attached hydrogen (secondary N) is 1. The molecule has 1 heterocycles. The first-order chi connectivity index (χ1) is 9.80. The van der Waals surface area contributed by atoms with E-state index in [-0.39, 0.29) is 0 Å². The third-order valence-corrected chi connectivity index (χ3v) is 3.90. The summed E-state index contributed by atoms with van der Waals surface area (Å²) in [5.41, 5.74) is 2.87. The van der Waals surface area contributed by atoms with Gasteiger partial charge in [-0.3, -0.25) is 4.90 Å². The molecule has 1 aromatic carbocycles. The highest BCUT2D eigenvalue weighted by Gasteiger charge is 2.25. The first-order valence-electron chi connectivity index (χ1n) is 8.00. The summed E-state index contributed by atoms with van der Waals surface area (Å²) in [4.78, 5) is 2.62.